The second kappa shape index (κ2) is 9.23. The molecule has 0 aliphatic rings. The van der Waals surface area contributed by atoms with Gasteiger partial charge < -0.3 is 10.1 Å². The summed E-state index contributed by atoms with van der Waals surface area (Å²) in [5, 5.41) is 3.49. The fourth-order valence-electron chi connectivity index (χ4n) is 2.49. The summed E-state index contributed by atoms with van der Waals surface area (Å²) in [7, 11) is 0. The zero-order chi connectivity index (χ0) is 18.2. The molecule has 0 aliphatic carbocycles. The second-order valence-electron chi connectivity index (χ2n) is 5.69. The highest BCUT2D eigenvalue weighted by atomic mass is 35.5. The number of nitrogens with one attached hydrogen (secondary N) is 1. The van der Waals surface area contributed by atoms with Crippen molar-refractivity contribution in [3.63, 3.8) is 0 Å². The van der Waals surface area contributed by atoms with E-state index in [2.05, 4.69) is 5.32 Å². The molecule has 0 saturated carbocycles. The van der Waals surface area contributed by atoms with Crippen molar-refractivity contribution >= 4 is 23.3 Å². The lowest BCUT2D eigenvalue weighted by Gasteiger charge is -2.15. The van der Waals surface area contributed by atoms with Crippen LogP contribution < -0.4 is 10.1 Å². The average Bonchev–Trinajstić information content (AvgIpc) is 2.61. The molecule has 0 saturated heterocycles. The first-order chi connectivity index (χ1) is 12.0. The molecule has 5 heteroatoms. The van der Waals surface area contributed by atoms with Gasteiger partial charge in [-0.2, -0.15) is 0 Å². The fourth-order valence-corrected chi connectivity index (χ4v) is 2.79. The van der Waals surface area contributed by atoms with Gasteiger partial charge >= 0.3 is 0 Å². The minimum Gasteiger partial charge on any atom is -0.494 e. The summed E-state index contributed by atoms with van der Waals surface area (Å²) in [6, 6.07) is 14.1. The van der Waals surface area contributed by atoms with Gasteiger partial charge in [0.2, 0.25) is 5.91 Å². The Morgan fingerprint density at radius 3 is 2.40 bits per heavy atom. The Morgan fingerprint density at radius 1 is 1.08 bits per heavy atom. The first kappa shape index (κ1) is 19.0. The van der Waals surface area contributed by atoms with Gasteiger partial charge in [-0.3, -0.25) is 9.59 Å². The van der Waals surface area contributed by atoms with Crippen molar-refractivity contribution in [2.24, 2.45) is 0 Å². The van der Waals surface area contributed by atoms with Crippen molar-refractivity contribution in [2.45, 2.75) is 32.7 Å². The highest BCUT2D eigenvalue weighted by Crippen LogP contribution is 2.22. The maximum atomic E-state index is 12.2. The van der Waals surface area contributed by atoms with Crippen LogP contribution in [-0.4, -0.2) is 18.3 Å². The first-order valence-corrected chi connectivity index (χ1v) is 8.69. The Kier molecular flexibility index (Phi) is 7.02. The molecule has 1 amide bonds. The Morgan fingerprint density at radius 2 is 1.76 bits per heavy atom. The molecule has 0 fully saturated rings. The molecule has 0 heterocycles. The topological polar surface area (TPSA) is 55.4 Å². The highest BCUT2D eigenvalue weighted by Gasteiger charge is 2.14. The summed E-state index contributed by atoms with van der Waals surface area (Å²) in [5.74, 6) is 0.487. The van der Waals surface area contributed by atoms with Gasteiger partial charge in [0.15, 0.2) is 5.78 Å². The molecule has 1 N–H and O–H groups in total. The normalized spacial score (nSPS) is 11.6. The monoisotopic (exact) mass is 359 g/mol. The molecule has 2 rings (SSSR count). The van der Waals surface area contributed by atoms with Crippen molar-refractivity contribution < 1.29 is 14.3 Å². The zero-order valence-electron chi connectivity index (χ0n) is 14.4. The molecule has 0 radical (unpaired) electrons. The van der Waals surface area contributed by atoms with Crippen LogP contribution in [0.4, 0.5) is 0 Å². The highest BCUT2D eigenvalue weighted by molar-refractivity contribution is 6.31. The van der Waals surface area contributed by atoms with E-state index in [1.54, 1.807) is 30.3 Å². The lowest BCUT2D eigenvalue weighted by molar-refractivity contribution is -0.121. The SMILES string of the molecule is CCOc1ccc(C(=O)CCC(=O)NC(C)c2ccccc2Cl)cc1. The van der Waals surface area contributed by atoms with E-state index >= 15 is 0 Å². The third-order valence-corrected chi connectivity index (χ3v) is 4.16. The van der Waals surface area contributed by atoms with E-state index in [1.807, 2.05) is 32.0 Å². The number of ether oxygens (including phenoxy) is 1. The third-order valence-electron chi connectivity index (χ3n) is 3.82. The van der Waals surface area contributed by atoms with E-state index < -0.39 is 0 Å². The van der Waals surface area contributed by atoms with Crippen LogP contribution in [0.5, 0.6) is 5.75 Å². The number of hydrogen-bond donors (Lipinski definition) is 1. The Bertz CT molecular complexity index is 728. The van der Waals surface area contributed by atoms with Crippen LogP contribution in [0.2, 0.25) is 5.02 Å². The first-order valence-electron chi connectivity index (χ1n) is 8.31. The van der Waals surface area contributed by atoms with Crippen molar-refractivity contribution in [3.05, 3.63) is 64.7 Å². The summed E-state index contributed by atoms with van der Waals surface area (Å²) in [6.07, 6.45) is 0.301. The summed E-state index contributed by atoms with van der Waals surface area (Å²) in [4.78, 5) is 24.3. The zero-order valence-corrected chi connectivity index (χ0v) is 15.2. The van der Waals surface area contributed by atoms with Crippen LogP contribution in [0.3, 0.4) is 0 Å². The van der Waals surface area contributed by atoms with E-state index in [9.17, 15) is 9.59 Å². The van der Waals surface area contributed by atoms with Gasteiger partial charge in [0.05, 0.1) is 12.6 Å². The van der Waals surface area contributed by atoms with Crippen LogP contribution in [0.15, 0.2) is 48.5 Å². The molecule has 2 aromatic rings. The van der Waals surface area contributed by atoms with Gasteiger partial charge in [-0.15, -0.1) is 0 Å². The van der Waals surface area contributed by atoms with Crippen LogP contribution >= 0.6 is 11.6 Å². The van der Waals surface area contributed by atoms with E-state index in [-0.39, 0.29) is 30.6 Å². The number of carbonyl (C=O) groups is 2. The van der Waals surface area contributed by atoms with Crippen molar-refractivity contribution in [3.8, 4) is 5.75 Å². The number of amides is 1. The van der Waals surface area contributed by atoms with E-state index in [0.29, 0.717) is 17.2 Å². The van der Waals surface area contributed by atoms with Gasteiger partial charge in [0.1, 0.15) is 5.75 Å². The van der Waals surface area contributed by atoms with Crippen LogP contribution in [0.25, 0.3) is 0 Å². The number of Topliss-reactive ketones (excluding diaryl/α,β-unsaturated/α-hetero) is 1. The Labute approximate surface area is 153 Å². The third kappa shape index (κ3) is 5.61. The Balaban J connectivity index is 1.84. The molecule has 0 spiro atoms. The molecule has 1 unspecified atom stereocenters. The molecule has 0 aliphatic heterocycles. The fraction of sp³-hybridized carbons (Fsp3) is 0.300. The van der Waals surface area contributed by atoms with Gasteiger partial charge in [-0.25, -0.2) is 0 Å². The standard InChI is InChI=1S/C20H22ClNO3/c1-3-25-16-10-8-15(9-11-16)19(23)12-13-20(24)22-14(2)17-6-4-5-7-18(17)21/h4-11,14H,3,12-13H2,1-2H3,(H,22,24). The molecule has 132 valence electrons. The summed E-state index contributed by atoms with van der Waals surface area (Å²) < 4.78 is 5.35. The predicted molar refractivity (Wildman–Crippen MR) is 99.2 cm³/mol. The van der Waals surface area contributed by atoms with Crippen LogP contribution in [-0.2, 0) is 4.79 Å². The largest absolute Gasteiger partial charge is 0.494 e. The van der Waals surface area contributed by atoms with E-state index in [4.69, 9.17) is 16.3 Å². The number of benzene rings is 2. The molecular formula is C20H22ClNO3. The minimum absolute atomic E-state index is 0.0661. The van der Waals surface area contributed by atoms with Crippen molar-refractivity contribution in [1.82, 2.24) is 5.32 Å². The number of carbonyl (C=O) groups excluding carboxylic acids is 2. The van der Waals surface area contributed by atoms with Crippen LogP contribution in [0.1, 0.15) is 48.7 Å². The average molecular weight is 360 g/mol. The molecule has 0 aromatic heterocycles. The lowest BCUT2D eigenvalue weighted by atomic mass is 10.1. The van der Waals surface area contributed by atoms with Gasteiger partial charge in [0.25, 0.3) is 0 Å². The number of rotatable bonds is 8. The quantitative estimate of drug-likeness (QED) is 0.702. The molecular weight excluding hydrogens is 338 g/mol. The maximum Gasteiger partial charge on any atom is 0.220 e. The van der Waals surface area contributed by atoms with Gasteiger partial charge in [-0.05, 0) is 49.7 Å². The Hall–Kier alpha value is -2.33. The number of hydrogen-bond acceptors (Lipinski definition) is 3. The molecule has 1 atom stereocenters. The second-order valence-corrected chi connectivity index (χ2v) is 6.10. The van der Waals surface area contributed by atoms with Crippen molar-refractivity contribution in [1.29, 1.82) is 0 Å². The van der Waals surface area contributed by atoms with E-state index in [1.165, 1.54) is 0 Å². The van der Waals surface area contributed by atoms with Gasteiger partial charge in [-0.1, -0.05) is 29.8 Å². The maximum absolute atomic E-state index is 12.2. The summed E-state index contributed by atoms with van der Waals surface area (Å²) in [6.45, 7) is 4.35. The molecule has 4 nitrogen and oxygen atoms in total. The summed E-state index contributed by atoms with van der Waals surface area (Å²) in [5.41, 5.74) is 1.44. The lowest BCUT2D eigenvalue weighted by Crippen LogP contribution is -2.27. The smallest absolute Gasteiger partial charge is 0.220 e. The predicted octanol–water partition coefficient (Wildman–Crippen LogP) is 4.58. The van der Waals surface area contributed by atoms with E-state index in [0.717, 1.165) is 11.3 Å². The van der Waals surface area contributed by atoms with Crippen LogP contribution in [0, 0.1) is 0 Å². The number of ketones is 1. The van der Waals surface area contributed by atoms with Crippen molar-refractivity contribution in [2.75, 3.05) is 6.61 Å². The molecule has 2 aromatic carbocycles. The summed E-state index contributed by atoms with van der Waals surface area (Å²) >= 11 is 6.13. The molecule has 25 heavy (non-hydrogen) atoms. The minimum atomic E-state index is -0.207. The van der Waals surface area contributed by atoms with Gasteiger partial charge in [0, 0.05) is 23.4 Å². The number of halogens is 1. The molecule has 0 bridgehead atoms.